The monoisotopic (exact) mass is 760 g/mol. The van der Waals surface area contributed by atoms with E-state index < -0.39 is 43.1 Å². The summed E-state index contributed by atoms with van der Waals surface area (Å²) in [5.74, 6) is -2.42. The van der Waals surface area contributed by atoms with Crippen LogP contribution in [0.5, 0.6) is 0 Å². The molecular weight excluding hydrogens is 741 g/mol. The van der Waals surface area contributed by atoms with Crippen molar-refractivity contribution in [1.82, 2.24) is 0 Å². The number of benzene rings is 1. The number of carbonyl (C=O) groups is 4. The van der Waals surface area contributed by atoms with E-state index in [4.69, 9.17) is 19.7 Å². The molecule has 166 valence electrons. The fourth-order valence-electron chi connectivity index (χ4n) is 2.28. The Morgan fingerprint density at radius 3 is 1.70 bits per heavy atom. The quantitative estimate of drug-likeness (QED) is 0.218. The number of aliphatic hydroxyl groups excluding tert-OH is 2. The maximum Gasteiger partial charge on any atom is 0.303 e. The number of hydrogen-bond acceptors (Lipinski definition) is 8. The van der Waals surface area contributed by atoms with Gasteiger partial charge in [-0.25, -0.2) is 0 Å². The second kappa shape index (κ2) is 12.9. The molecule has 30 heavy (non-hydrogen) atoms. The number of hydrogen-bond donors (Lipinski definition) is 4. The summed E-state index contributed by atoms with van der Waals surface area (Å²) in [6, 6.07) is 0. The lowest BCUT2D eigenvalue weighted by Gasteiger charge is -2.23. The lowest BCUT2D eigenvalue weighted by atomic mass is 10.1. The van der Waals surface area contributed by atoms with Gasteiger partial charge in [0.25, 0.3) is 0 Å². The average Bonchev–Trinajstić information content (AvgIpc) is 2.68. The maximum absolute atomic E-state index is 11.8. The van der Waals surface area contributed by atoms with Gasteiger partial charge in [-0.3, -0.25) is 19.2 Å². The molecule has 0 saturated heterocycles. The van der Waals surface area contributed by atoms with E-state index in [9.17, 15) is 19.2 Å². The number of halogens is 3. The molecular formula is C17H19I3N2O8. The van der Waals surface area contributed by atoms with Crippen molar-refractivity contribution < 1.29 is 38.9 Å². The van der Waals surface area contributed by atoms with Gasteiger partial charge in [-0.15, -0.1) is 0 Å². The Bertz CT molecular complexity index is 802. The lowest BCUT2D eigenvalue weighted by molar-refractivity contribution is -0.156. The van der Waals surface area contributed by atoms with Gasteiger partial charge in [0, 0.05) is 27.4 Å². The van der Waals surface area contributed by atoms with Crippen molar-refractivity contribution >= 4 is 103 Å². The van der Waals surface area contributed by atoms with Gasteiger partial charge in [0.05, 0.1) is 14.9 Å². The molecule has 1 aromatic rings. The largest absolute Gasteiger partial charge is 0.462 e. The molecule has 0 saturated carbocycles. The first-order valence-corrected chi connectivity index (χ1v) is 11.6. The van der Waals surface area contributed by atoms with Gasteiger partial charge < -0.3 is 30.3 Å². The van der Waals surface area contributed by atoms with E-state index in [0.29, 0.717) is 27.6 Å². The summed E-state index contributed by atoms with van der Waals surface area (Å²) < 4.78 is 11.9. The number of carbonyl (C=O) groups excluding carboxylic acids is 4. The number of aliphatic hydroxyl groups is 2. The second-order valence-electron chi connectivity index (χ2n) is 5.82. The zero-order valence-electron chi connectivity index (χ0n) is 15.9. The molecule has 0 aromatic heterocycles. The highest BCUT2D eigenvalue weighted by Crippen LogP contribution is 2.39. The first-order valence-electron chi connectivity index (χ1n) is 8.33. The summed E-state index contributed by atoms with van der Waals surface area (Å²) >= 11 is 5.92. The van der Waals surface area contributed by atoms with Crippen LogP contribution in [0.4, 0.5) is 11.4 Å². The second-order valence-corrected chi connectivity index (χ2v) is 9.06. The van der Waals surface area contributed by atoms with Gasteiger partial charge in [-0.1, -0.05) is 0 Å². The van der Waals surface area contributed by atoms with Crippen LogP contribution < -0.4 is 10.6 Å². The van der Waals surface area contributed by atoms with E-state index in [2.05, 4.69) is 10.6 Å². The number of ether oxygens (including phenoxy) is 2. The van der Waals surface area contributed by atoms with E-state index in [1.165, 1.54) is 13.8 Å². The molecule has 0 bridgehead atoms. The average molecular weight is 760 g/mol. The van der Waals surface area contributed by atoms with Crippen molar-refractivity contribution in [1.29, 1.82) is 0 Å². The van der Waals surface area contributed by atoms with Crippen LogP contribution in [0.3, 0.4) is 0 Å². The van der Waals surface area contributed by atoms with Crippen LogP contribution in [-0.4, -0.2) is 59.9 Å². The Kier molecular flexibility index (Phi) is 11.7. The van der Waals surface area contributed by atoms with Crippen LogP contribution in [-0.2, 0) is 35.1 Å². The van der Waals surface area contributed by atoms with Gasteiger partial charge >= 0.3 is 11.9 Å². The first kappa shape index (κ1) is 27.2. The lowest BCUT2D eigenvalue weighted by Crippen LogP contribution is -2.28. The molecule has 0 radical (unpaired) electrons. The highest BCUT2D eigenvalue weighted by Gasteiger charge is 2.26. The Labute approximate surface area is 213 Å². The van der Waals surface area contributed by atoms with Gasteiger partial charge in [-0.2, -0.15) is 0 Å². The molecule has 4 N–H and O–H groups in total. The summed E-state index contributed by atoms with van der Waals surface area (Å²) in [7, 11) is 0. The highest BCUT2D eigenvalue weighted by molar-refractivity contribution is 14.1. The molecule has 0 aliphatic heterocycles. The van der Waals surface area contributed by atoms with Crippen molar-refractivity contribution in [2.45, 2.75) is 26.4 Å². The number of rotatable bonds is 9. The first-order chi connectivity index (χ1) is 14.0. The Morgan fingerprint density at radius 1 is 0.867 bits per heavy atom. The van der Waals surface area contributed by atoms with E-state index in [1.54, 1.807) is 0 Å². The summed E-state index contributed by atoms with van der Waals surface area (Å²) in [5.41, 5.74) is 1.29. The van der Waals surface area contributed by atoms with E-state index in [0.717, 1.165) is 0 Å². The molecule has 1 aromatic carbocycles. The van der Waals surface area contributed by atoms with Crippen molar-refractivity contribution in [3.63, 3.8) is 0 Å². The summed E-state index contributed by atoms with van der Waals surface area (Å²) in [5, 5.41) is 23.3. The number of esters is 2. The fourth-order valence-corrected chi connectivity index (χ4v) is 6.43. The molecule has 0 aliphatic carbocycles. The summed E-state index contributed by atoms with van der Waals surface area (Å²) in [4.78, 5) is 46.2. The standard InChI is InChI=1S/C17H19I3N2O8/c1-7(25)29-6-9(30-8(2)26)3-10-13(18)16(21-11(27)4-23)15(20)17(14(10)19)22-12(28)5-24/h9,23-24H,3-6H2,1-2H3,(H,21,27)(H,22,28). The molecule has 0 fully saturated rings. The minimum atomic E-state index is -0.809. The van der Waals surface area contributed by atoms with E-state index in [1.807, 2.05) is 67.8 Å². The predicted octanol–water partition coefficient (Wildman–Crippen LogP) is 1.40. The molecule has 0 heterocycles. The van der Waals surface area contributed by atoms with Gasteiger partial charge in [0.15, 0.2) is 0 Å². The number of amides is 2. The van der Waals surface area contributed by atoms with E-state index >= 15 is 0 Å². The van der Waals surface area contributed by atoms with Crippen molar-refractivity contribution in [3.8, 4) is 0 Å². The van der Waals surface area contributed by atoms with E-state index in [-0.39, 0.29) is 13.0 Å². The molecule has 2 amide bonds. The minimum absolute atomic E-state index is 0.115. The smallest absolute Gasteiger partial charge is 0.303 e. The Balaban J connectivity index is 3.51. The Hall–Kier alpha value is -0.790. The van der Waals surface area contributed by atoms with Crippen LogP contribution in [0, 0.1) is 10.7 Å². The Morgan fingerprint density at radius 2 is 1.33 bits per heavy atom. The third-order valence-corrected chi connectivity index (χ3v) is 6.92. The van der Waals surface area contributed by atoms with Crippen LogP contribution in [0.1, 0.15) is 19.4 Å². The molecule has 10 nitrogen and oxygen atoms in total. The number of nitrogens with one attached hydrogen (secondary N) is 2. The van der Waals surface area contributed by atoms with Crippen LogP contribution in [0.15, 0.2) is 0 Å². The summed E-state index contributed by atoms with van der Waals surface area (Å²) in [6.07, 6.45) is -0.694. The fraction of sp³-hybridized carbons (Fsp3) is 0.412. The van der Waals surface area contributed by atoms with Crippen molar-refractivity contribution in [2.75, 3.05) is 30.5 Å². The molecule has 1 unspecified atom stereocenters. The molecule has 1 rings (SSSR count). The predicted molar refractivity (Wildman–Crippen MR) is 132 cm³/mol. The maximum atomic E-state index is 11.8. The third kappa shape index (κ3) is 8.04. The van der Waals surface area contributed by atoms with Crippen molar-refractivity contribution in [2.24, 2.45) is 0 Å². The summed E-state index contributed by atoms with van der Waals surface area (Å²) in [6.45, 7) is 0.797. The van der Waals surface area contributed by atoms with Crippen LogP contribution in [0.2, 0.25) is 0 Å². The number of anilines is 2. The molecule has 1 atom stereocenters. The minimum Gasteiger partial charge on any atom is -0.462 e. The van der Waals surface area contributed by atoms with Gasteiger partial charge in [0.2, 0.25) is 11.8 Å². The SMILES string of the molecule is CC(=O)OCC(Cc1c(I)c(NC(=O)CO)c(I)c(NC(=O)CO)c1I)OC(C)=O. The highest BCUT2D eigenvalue weighted by atomic mass is 127. The zero-order valence-corrected chi connectivity index (χ0v) is 22.4. The molecule has 0 aliphatic rings. The van der Waals surface area contributed by atoms with Crippen LogP contribution in [0.25, 0.3) is 0 Å². The van der Waals surface area contributed by atoms with Crippen molar-refractivity contribution in [3.05, 3.63) is 16.3 Å². The zero-order chi connectivity index (χ0) is 23.0. The van der Waals surface area contributed by atoms with Gasteiger partial charge in [-0.05, 0) is 73.3 Å². The normalized spacial score (nSPS) is 11.4. The van der Waals surface area contributed by atoms with Crippen LogP contribution >= 0.6 is 67.8 Å². The van der Waals surface area contributed by atoms with Gasteiger partial charge in [0.1, 0.15) is 25.9 Å². The molecule has 0 spiro atoms. The molecule has 13 heteroatoms. The topological polar surface area (TPSA) is 151 Å². The third-order valence-electron chi connectivity index (χ3n) is 3.46.